The monoisotopic (exact) mass is 414 g/mol. The van der Waals surface area contributed by atoms with Crippen LogP contribution in [0.3, 0.4) is 0 Å². The van der Waals surface area contributed by atoms with Gasteiger partial charge in [0.2, 0.25) is 12.1 Å². The van der Waals surface area contributed by atoms with Crippen LogP contribution in [-0.4, -0.2) is 34.3 Å². The smallest absolute Gasteiger partial charge is 0.417 e. The van der Waals surface area contributed by atoms with Crippen molar-refractivity contribution in [3.8, 4) is 0 Å². The fraction of sp³-hybridized carbons (Fsp3) is 0.278. The Morgan fingerprint density at radius 1 is 1.28 bits per heavy atom. The number of rotatable bonds is 5. The molecule has 0 spiro atoms. The van der Waals surface area contributed by atoms with Gasteiger partial charge in [0.1, 0.15) is 0 Å². The molecule has 3 rings (SSSR count). The second-order valence-electron chi connectivity index (χ2n) is 6.36. The van der Waals surface area contributed by atoms with Gasteiger partial charge in [0, 0.05) is 36.6 Å². The number of fused-ring (bicyclic) bond motifs is 1. The van der Waals surface area contributed by atoms with Gasteiger partial charge in [0.15, 0.2) is 0 Å². The van der Waals surface area contributed by atoms with Crippen molar-refractivity contribution in [3.05, 3.63) is 64.5 Å². The summed E-state index contributed by atoms with van der Waals surface area (Å²) in [6.07, 6.45) is -7.56. The SMILES string of the molecule is N=C(OC(N)C(F)F)c1ccc2c(c1)C(=O)N(Cc1cncc(C(F)(F)F)c1)C2. The molecule has 154 valence electrons. The number of pyridine rings is 1. The highest BCUT2D eigenvalue weighted by molar-refractivity contribution is 6.01. The van der Waals surface area contributed by atoms with E-state index >= 15 is 0 Å². The number of nitrogens with one attached hydrogen (secondary N) is 1. The standard InChI is InChI=1S/C18H15F5N4O2/c19-14(20)16(25)29-15(24)10-1-2-11-8-27(17(28)13(11)4-10)7-9-3-12(6-26-5-9)18(21,22)23/h1-6,14,16,24H,7-8,25H2. The van der Waals surface area contributed by atoms with Gasteiger partial charge >= 0.3 is 6.18 Å². The van der Waals surface area contributed by atoms with E-state index in [0.717, 1.165) is 6.07 Å². The average molecular weight is 414 g/mol. The second-order valence-corrected chi connectivity index (χ2v) is 6.36. The summed E-state index contributed by atoms with van der Waals surface area (Å²) >= 11 is 0. The number of hydrogen-bond donors (Lipinski definition) is 2. The number of halogens is 5. The van der Waals surface area contributed by atoms with Gasteiger partial charge in [-0.1, -0.05) is 6.07 Å². The van der Waals surface area contributed by atoms with Crippen molar-refractivity contribution in [2.75, 3.05) is 0 Å². The highest BCUT2D eigenvalue weighted by atomic mass is 19.4. The molecule has 0 fully saturated rings. The lowest BCUT2D eigenvalue weighted by Crippen LogP contribution is -2.34. The van der Waals surface area contributed by atoms with Gasteiger partial charge in [0.25, 0.3) is 12.3 Å². The van der Waals surface area contributed by atoms with E-state index in [0.29, 0.717) is 11.8 Å². The van der Waals surface area contributed by atoms with Crippen molar-refractivity contribution < 1.29 is 31.5 Å². The van der Waals surface area contributed by atoms with Crippen LogP contribution < -0.4 is 5.73 Å². The Morgan fingerprint density at radius 3 is 2.66 bits per heavy atom. The normalized spacial score (nSPS) is 14.9. The minimum absolute atomic E-state index is 0.0794. The molecule has 1 aromatic heterocycles. The van der Waals surface area contributed by atoms with Crippen LogP contribution in [0, 0.1) is 5.41 Å². The third-order valence-electron chi connectivity index (χ3n) is 4.25. The van der Waals surface area contributed by atoms with Crippen molar-refractivity contribution >= 4 is 11.8 Å². The highest BCUT2D eigenvalue weighted by Gasteiger charge is 2.32. The summed E-state index contributed by atoms with van der Waals surface area (Å²) in [7, 11) is 0. The zero-order valence-electron chi connectivity index (χ0n) is 14.7. The minimum Gasteiger partial charge on any atom is -0.453 e. The molecule has 1 aliphatic rings. The van der Waals surface area contributed by atoms with Crippen LogP contribution >= 0.6 is 0 Å². The predicted octanol–water partition coefficient (Wildman–Crippen LogP) is 3.15. The van der Waals surface area contributed by atoms with Crippen LogP contribution in [0.1, 0.15) is 32.6 Å². The van der Waals surface area contributed by atoms with E-state index in [9.17, 15) is 26.7 Å². The maximum Gasteiger partial charge on any atom is 0.417 e. The summed E-state index contributed by atoms with van der Waals surface area (Å²) in [5, 5.41) is 7.72. The van der Waals surface area contributed by atoms with E-state index in [2.05, 4.69) is 9.72 Å². The van der Waals surface area contributed by atoms with E-state index in [1.807, 2.05) is 0 Å². The Morgan fingerprint density at radius 2 is 2.00 bits per heavy atom. The first-order valence-electron chi connectivity index (χ1n) is 8.29. The molecule has 2 aromatic rings. The number of nitrogens with zero attached hydrogens (tertiary/aromatic N) is 2. The molecule has 0 bridgehead atoms. The van der Waals surface area contributed by atoms with Gasteiger partial charge in [-0.2, -0.15) is 13.2 Å². The molecule has 0 saturated carbocycles. The molecule has 0 radical (unpaired) electrons. The Bertz CT molecular complexity index is 948. The van der Waals surface area contributed by atoms with Crippen LogP contribution in [0.2, 0.25) is 0 Å². The Labute approximate surface area is 161 Å². The number of carbonyl (C=O) groups excluding carboxylic acids is 1. The van der Waals surface area contributed by atoms with Crippen molar-refractivity contribution in [3.63, 3.8) is 0 Å². The lowest BCUT2D eigenvalue weighted by molar-refractivity contribution is -0.137. The molecule has 0 saturated heterocycles. The summed E-state index contributed by atoms with van der Waals surface area (Å²) < 4.78 is 68.0. The van der Waals surface area contributed by atoms with Crippen LogP contribution in [0.4, 0.5) is 22.0 Å². The molecule has 6 nitrogen and oxygen atoms in total. The van der Waals surface area contributed by atoms with Gasteiger partial charge in [-0.15, -0.1) is 0 Å². The van der Waals surface area contributed by atoms with E-state index in [-0.39, 0.29) is 29.8 Å². The zero-order valence-corrected chi connectivity index (χ0v) is 14.7. The van der Waals surface area contributed by atoms with Crippen molar-refractivity contribution in [1.29, 1.82) is 5.41 Å². The lowest BCUT2D eigenvalue weighted by atomic mass is 10.1. The first-order valence-corrected chi connectivity index (χ1v) is 8.29. The fourth-order valence-electron chi connectivity index (χ4n) is 2.84. The molecule has 1 aromatic carbocycles. The molecule has 1 aliphatic heterocycles. The molecule has 3 N–H and O–H groups in total. The van der Waals surface area contributed by atoms with E-state index in [1.54, 1.807) is 0 Å². The number of ether oxygens (including phenoxy) is 1. The Hall–Kier alpha value is -3.08. The molecule has 11 heteroatoms. The van der Waals surface area contributed by atoms with Gasteiger partial charge in [-0.25, -0.2) is 8.78 Å². The zero-order chi connectivity index (χ0) is 21.3. The number of amides is 1. The van der Waals surface area contributed by atoms with Crippen LogP contribution in [0.15, 0.2) is 36.7 Å². The number of hydrogen-bond acceptors (Lipinski definition) is 5. The lowest BCUT2D eigenvalue weighted by Gasteiger charge is -2.16. The molecule has 2 heterocycles. The highest BCUT2D eigenvalue weighted by Crippen LogP contribution is 2.30. The molecule has 29 heavy (non-hydrogen) atoms. The predicted molar refractivity (Wildman–Crippen MR) is 91.2 cm³/mol. The van der Waals surface area contributed by atoms with Crippen LogP contribution in [-0.2, 0) is 24.0 Å². The first kappa shape index (κ1) is 20.6. The summed E-state index contributed by atoms with van der Waals surface area (Å²) in [6.45, 7) is 0.0550. The maximum absolute atomic E-state index is 12.8. The van der Waals surface area contributed by atoms with Gasteiger partial charge in [0.05, 0.1) is 5.56 Å². The molecule has 1 unspecified atom stereocenters. The number of alkyl halides is 5. The van der Waals surface area contributed by atoms with Crippen molar-refractivity contribution in [2.45, 2.75) is 31.9 Å². The first-order chi connectivity index (χ1) is 13.6. The van der Waals surface area contributed by atoms with E-state index < -0.39 is 36.2 Å². The van der Waals surface area contributed by atoms with Gasteiger partial charge < -0.3 is 9.64 Å². The average Bonchev–Trinajstić information content (AvgIpc) is 2.96. The topological polar surface area (TPSA) is 92.3 Å². The third kappa shape index (κ3) is 4.50. The number of nitrogens with two attached hydrogens (primary N) is 1. The van der Waals surface area contributed by atoms with Crippen LogP contribution in [0.25, 0.3) is 0 Å². The Kier molecular flexibility index (Phi) is 5.51. The molecular weight excluding hydrogens is 399 g/mol. The van der Waals surface area contributed by atoms with E-state index in [4.69, 9.17) is 11.1 Å². The van der Waals surface area contributed by atoms with Crippen molar-refractivity contribution in [2.24, 2.45) is 5.73 Å². The molecular formula is C18H15F5N4O2. The van der Waals surface area contributed by atoms with Crippen LogP contribution in [0.5, 0.6) is 0 Å². The van der Waals surface area contributed by atoms with E-state index in [1.165, 1.54) is 29.3 Å². The molecule has 1 atom stereocenters. The molecule has 1 amide bonds. The third-order valence-corrected chi connectivity index (χ3v) is 4.25. The maximum atomic E-state index is 12.8. The summed E-state index contributed by atoms with van der Waals surface area (Å²) in [5.41, 5.74) is 5.24. The number of benzene rings is 1. The van der Waals surface area contributed by atoms with Crippen molar-refractivity contribution in [1.82, 2.24) is 9.88 Å². The Balaban J connectivity index is 1.75. The number of aromatic nitrogens is 1. The summed E-state index contributed by atoms with van der Waals surface area (Å²) in [5.74, 6) is -1.08. The molecule has 0 aliphatic carbocycles. The fourth-order valence-corrected chi connectivity index (χ4v) is 2.84. The summed E-state index contributed by atoms with van der Waals surface area (Å²) in [6, 6.07) is 5.17. The minimum atomic E-state index is -4.55. The largest absolute Gasteiger partial charge is 0.453 e. The quantitative estimate of drug-likeness (QED) is 0.340. The number of carbonyl (C=O) groups is 1. The second kappa shape index (κ2) is 7.74. The van der Waals surface area contributed by atoms with Gasteiger partial charge in [-0.05, 0) is 29.3 Å². The van der Waals surface area contributed by atoms with Gasteiger partial charge in [-0.3, -0.25) is 20.9 Å². The summed E-state index contributed by atoms with van der Waals surface area (Å²) in [4.78, 5) is 17.5.